The van der Waals surface area contributed by atoms with Gasteiger partial charge in [-0.05, 0) is 30.7 Å². The molecule has 0 radical (unpaired) electrons. The van der Waals surface area contributed by atoms with Crippen LogP contribution in [0.3, 0.4) is 0 Å². The van der Waals surface area contributed by atoms with Crippen molar-refractivity contribution in [3.63, 3.8) is 0 Å². The lowest BCUT2D eigenvalue weighted by molar-refractivity contribution is -0.142. The third-order valence-electron chi connectivity index (χ3n) is 3.75. The van der Waals surface area contributed by atoms with E-state index in [1.54, 1.807) is 0 Å². The Labute approximate surface area is 116 Å². The van der Waals surface area contributed by atoms with E-state index in [1.165, 1.54) is 11.3 Å². The first-order valence-electron chi connectivity index (χ1n) is 6.66. The average Bonchev–Trinajstić information content (AvgIpc) is 2.65. The number of thiophene rings is 1. The number of carbonyl (C=O) groups is 2. The normalized spacial score (nSPS) is 23.6. The lowest BCUT2D eigenvalue weighted by Gasteiger charge is -2.22. The minimum atomic E-state index is -0.797. The van der Waals surface area contributed by atoms with Crippen molar-refractivity contribution >= 4 is 23.2 Å². The number of aliphatic carboxylic acids is 1. The van der Waals surface area contributed by atoms with Gasteiger partial charge in [-0.25, -0.2) is 0 Å². The summed E-state index contributed by atoms with van der Waals surface area (Å²) in [5.41, 5.74) is 1.61. The van der Waals surface area contributed by atoms with Crippen LogP contribution < -0.4 is 5.32 Å². The van der Waals surface area contributed by atoms with Crippen LogP contribution in [0.2, 0.25) is 0 Å². The van der Waals surface area contributed by atoms with Gasteiger partial charge in [0.15, 0.2) is 0 Å². The molecule has 0 bridgehead atoms. The molecule has 5 heteroatoms. The molecule has 0 aromatic carbocycles. The van der Waals surface area contributed by atoms with Crippen molar-refractivity contribution in [3.05, 3.63) is 21.9 Å². The second-order valence-corrected chi connectivity index (χ2v) is 5.87. The molecule has 0 aliphatic heterocycles. The highest BCUT2D eigenvalue weighted by atomic mass is 32.1. The predicted octanol–water partition coefficient (Wildman–Crippen LogP) is 2.82. The fraction of sp³-hybridized carbons (Fsp3) is 0.571. The Balaban J connectivity index is 2.08. The summed E-state index contributed by atoms with van der Waals surface area (Å²) in [5, 5.41) is 15.9. The van der Waals surface area contributed by atoms with E-state index in [4.69, 9.17) is 0 Å². The summed E-state index contributed by atoms with van der Waals surface area (Å²) in [7, 11) is 0. The second-order valence-electron chi connectivity index (χ2n) is 5.13. The third kappa shape index (κ3) is 3.35. The first kappa shape index (κ1) is 14.1. The monoisotopic (exact) mass is 281 g/mol. The SMILES string of the molecule is Cc1cscc1C(=O)N[C@@H]1CCCCC[C@H]1C(=O)O. The molecule has 0 saturated heterocycles. The Hall–Kier alpha value is -1.36. The zero-order chi connectivity index (χ0) is 13.8. The van der Waals surface area contributed by atoms with E-state index in [2.05, 4.69) is 5.32 Å². The maximum Gasteiger partial charge on any atom is 0.308 e. The molecule has 0 spiro atoms. The molecule has 2 rings (SSSR count). The molecule has 1 fully saturated rings. The van der Waals surface area contributed by atoms with E-state index >= 15 is 0 Å². The van der Waals surface area contributed by atoms with Gasteiger partial charge in [-0.3, -0.25) is 9.59 Å². The van der Waals surface area contributed by atoms with Gasteiger partial charge in [-0.15, -0.1) is 0 Å². The summed E-state index contributed by atoms with van der Waals surface area (Å²) in [6, 6.07) is -0.244. The van der Waals surface area contributed by atoms with Crippen LogP contribution in [-0.4, -0.2) is 23.0 Å². The minimum Gasteiger partial charge on any atom is -0.481 e. The number of carbonyl (C=O) groups excluding carboxylic acids is 1. The van der Waals surface area contributed by atoms with Crippen molar-refractivity contribution < 1.29 is 14.7 Å². The van der Waals surface area contributed by atoms with Crippen LogP contribution in [-0.2, 0) is 4.79 Å². The smallest absolute Gasteiger partial charge is 0.308 e. The van der Waals surface area contributed by atoms with Gasteiger partial charge in [0.1, 0.15) is 0 Å². The second kappa shape index (κ2) is 6.19. The van der Waals surface area contributed by atoms with Gasteiger partial charge in [0.2, 0.25) is 0 Å². The fourth-order valence-corrected chi connectivity index (χ4v) is 3.44. The van der Waals surface area contributed by atoms with Crippen molar-refractivity contribution in [2.24, 2.45) is 5.92 Å². The Morgan fingerprint density at radius 2 is 2.00 bits per heavy atom. The van der Waals surface area contributed by atoms with Crippen molar-refractivity contribution in [2.45, 2.75) is 45.1 Å². The Morgan fingerprint density at radius 3 is 2.63 bits per heavy atom. The molecular weight excluding hydrogens is 262 g/mol. The van der Waals surface area contributed by atoms with Crippen LogP contribution in [0.1, 0.15) is 48.0 Å². The molecular formula is C14H19NO3S. The summed E-state index contributed by atoms with van der Waals surface area (Å²) in [6.45, 7) is 1.90. The molecule has 2 atom stereocenters. The number of rotatable bonds is 3. The van der Waals surface area contributed by atoms with E-state index < -0.39 is 11.9 Å². The fourth-order valence-electron chi connectivity index (χ4n) is 2.62. The highest BCUT2D eigenvalue weighted by Gasteiger charge is 2.31. The summed E-state index contributed by atoms with van der Waals surface area (Å²) < 4.78 is 0. The molecule has 104 valence electrons. The van der Waals surface area contributed by atoms with E-state index in [-0.39, 0.29) is 11.9 Å². The number of aryl methyl sites for hydroxylation is 1. The van der Waals surface area contributed by atoms with Crippen LogP contribution in [0, 0.1) is 12.8 Å². The topological polar surface area (TPSA) is 66.4 Å². The Bertz CT molecular complexity index is 469. The van der Waals surface area contributed by atoms with Gasteiger partial charge in [-0.2, -0.15) is 11.3 Å². The van der Waals surface area contributed by atoms with Crippen LogP contribution in [0.5, 0.6) is 0 Å². The molecule has 1 aliphatic carbocycles. The van der Waals surface area contributed by atoms with Crippen LogP contribution in [0.4, 0.5) is 0 Å². The maximum atomic E-state index is 12.2. The molecule has 1 saturated carbocycles. The number of amides is 1. The standard InChI is InChI=1S/C14H19NO3S/c1-9-7-19-8-11(9)13(16)15-12-6-4-2-3-5-10(12)14(17)18/h7-8,10,12H,2-6H2,1H3,(H,15,16)(H,17,18)/t10-,12-/m1/s1. The molecule has 1 aliphatic rings. The lowest BCUT2D eigenvalue weighted by atomic mass is 9.94. The number of nitrogens with one attached hydrogen (secondary N) is 1. The highest BCUT2D eigenvalue weighted by molar-refractivity contribution is 7.08. The van der Waals surface area contributed by atoms with Crippen LogP contribution in [0.15, 0.2) is 10.8 Å². The molecule has 1 heterocycles. The van der Waals surface area contributed by atoms with Gasteiger partial charge < -0.3 is 10.4 Å². The van der Waals surface area contributed by atoms with Crippen molar-refractivity contribution in [3.8, 4) is 0 Å². The number of carboxylic acid groups (broad SMARTS) is 1. The van der Waals surface area contributed by atoms with Crippen LogP contribution >= 0.6 is 11.3 Å². The van der Waals surface area contributed by atoms with Gasteiger partial charge in [-0.1, -0.05) is 19.3 Å². The first-order chi connectivity index (χ1) is 9.09. The molecule has 1 aromatic heterocycles. The zero-order valence-electron chi connectivity index (χ0n) is 11.0. The highest BCUT2D eigenvalue weighted by Crippen LogP contribution is 2.24. The zero-order valence-corrected chi connectivity index (χ0v) is 11.8. The van der Waals surface area contributed by atoms with E-state index in [1.807, 2.05) is 17.7 Å². The van der Waals surface area contributed by atoms with E-state index in [0.29, 0.717) is 12.0 Å². The average molecular weight is 281 g/mol. The molecule has 2 N–H and O–H groups in total. The number of hydrogen-bond donors (Lipinski definition) is 2. The number of hydrogen-bond acceptors (Lipinski definition) is 3. The molecule has 0 unspecified atom stereocenters. The Morgan fingerprint density at radius 1 is 1.26 bits per heavy atom. The van der Waals surface area contributed by atoms with E-state index in [9.17, 15) is 14.7 Å². The van der Waals surface area contributed by atoms with Gasteiger partial charge in [0, 0.05) is 11.4 Å². The third-order valence-corrected chi connectivity index (χ3v) is 4.61. The van der Waals surface area contributed by atoms with Crippen molar-refractivity contribution in [2.75, 3.05) is 0 Å². The quantitative estimate of drug-likeness (QED) is 0.837. The lowest BCUT2D eigenvalue weighted by Crippen LogP contribution is -2.42. The van der Waals surface area contributed by atoms with E-state index in [0.717, 1.165) is 31.2 Å². The molecule has 1 aromatic rings. The molecule has 1 amide bonds. The summed E-state index contributed by atoms with van der Waals surface area (Å²) in [6.07, 6.45) is 4.38. The molecule has 4 nitrogen and oxygen atoms in total. The van der Waals surface area contributed by atoms with Crippen molar-refractivity contribution in [1.29, 1.82) is 0 Å². The predicted molar refractivity (Wildman–Crippen MR) is 74.5 cm³/mol. The summed E-state index contributed by atoms with van der Waals surface area (Å²) >= 11 is 1.49. The minimum absolute atomic E-state index is 0.142. The maximum absolute atomic E-state index is 12.2. The summed E-state index contributed by atoms with van der Waals surface area (Å²) in [5.74, 6) is -1.39. The van der Waals surface area contributed by atoms with Gasteiger partial charge in [0.05, 0.1) is 11.5 Å². The Kier molecular flexibility index (Phi) is 4.58. The van der Waals surface area contributed by atoms with Crippen LogP contribution in [0.25, 0.3) is 0 Å². The van der Waals surface area contributed by atoms with Gasteiger partial charge >= 0.3 is 5.97 Å². The largest absolute Gasteiger partial charge is 0.481 e. The summed E-state index contributed by atoms with van der Waals surface area (Å²) in [4.78, 5) is 23.5. The van der Waals surface area contributed by atoms with Crippen molar-refractivity contribution in [1.82, 2.24) is 5.32 Å². The molecule has 19 heavy (non-hydrogen) atoms. The van der Waals surface area contributed by atoms with Gasteiger partial charge in [0.25, 0.3) is 5.91 Å². The number of carboxylic acids is 1. The first-order valence-corrected chi connectivity index (χ1v) is 7.60.